The SMILES string of the molecule is COc1ccc(C(=O)OC(C)(C)C)c2c1CNCC2. The second-order valence-electron chi connectivity index (χ2n) is 5.70. The second kappa shape index (κ2) is 5.21. The molecule has 4 nitrogen and oxygen atoms in total. The molecule has 0 saturated heterocycles. The first-order chi connectivity index (χ1) is 8.92. The predicted octanol–water partition coefficient (Wildman–Crippen LogP) is 2.30. The molecule has 0 unspecified atom stereocenters. The zero-order valence-corrected chi connectivity index (χ0v) is 12.0. The molecule has 0 aliphatic carbocycles. The van der Waals surface area contributed by atoms with Gasteiger partial charge in [-0.05, 0) is 51.4 Å². The summed E-state index contributed by atoms with van der Waals surface area (Å²) in [5.74, 6) is 0.572. The zero-order valence-electron chi connectivity index (χ0n) is 12.0. The van der Waals surface area contributed by atoms with Gasteiger partial charge in [-0.25, -0.2) is 4.79 Å². The van der Waals surface area contributed by atoms with E-state index in [1.165, 1.54) is 0 Å². The van der Waals surface area contributed by atoms with E-state index in [1.54, 1.807) is 13.2 Å². The van der Waals surface area contributed by atoms with Crippen molar-refractivity contribution in [3.8, 4) is 5.75 Å². The lowest BCUT2D eigenvalue weighted by Crippen LogP contribution is -2.29. The van der Waals surface area contributed by atoms with Crippen LogP contribution in [0.1, 0.15) is 42.3 Å². The predicted molar refractivity (Wildman–Crippen MR) is 73.6 cm³/mol. The van der Waals surface area contributed by atoms with E-state index in [2.05, 4.69) is 5.32 Å². The van der Waals surface area contributed by atoms with Crippen molar-refractivity contribution >= 4 is 5.97 Å². The standard InChI is InChI=1S/C15H21NO3/c1-15(2,3)19-14(17)11-5-6-13(18-4)12-9-16-8-7-10(11)12/h5-6,16H,7-9H2,1-4H3. The molecule has 0 fully saturated rings. The van der Waals surface area contributed by atoms with Crippen LogP contribution in [0.5, 0.6) is 5.75 Å². The number of esters is 1. The third-order valence-electron chi connectivity index (χ3n) is 3.08. The van der Waals surface area contributed by atoms with Gasteiger partial charge < -0.3 is 14.8 Å². The molecular formula is C15H21NO3. The molecule has 19 heavy (non-hydrogen) atoms. The van der Waals surface area contributed by atoms with Crippen molar-refractivity contribution in [3.63, 3.8) is 0 Å². The maximum Gasteiger partial charge on any atom is 0.338 e. The quantitative estimate of drug-likeness (QED) is 0.832. The first-order valence-corrected chi connectivity index (χ1v) is 6.55. The molecule has 0 amide bonds. The number of rotatable bonds is 2. The molecule has 1 heterocycles. The summed E-state index contributed by atoms with van der Waals surface area (Å²) in [5, 5.41) is 3.30. The largest absolute Gasteiger partial charge is 0.496 e. The number of carbonyl (C=O) groups excluding carboxylic acids is 1. The molecule has 0 aromatic heterocycles. The summed E-state index contributed by atoms with van der Waals surface area (Å²) in [6.07, 6.45) is 0.821. The van der Waals surface area contributed by atoms with Crippen LogP contribution in [0.25, 0.3) is 0 Å². The van der Waals surface area contributed by atoms with Gasteiger partial charge in [-0.1, -0.05) is 0 Å². The van der Waals surface area contributed by atoms with Crippen LogP contribution in [0.4, 0.5) is 0 Å². The molecule has 0 bridgehead atoms. The van der Waals surface area contributed by atoms with Crippen molar-refractivity contribution < 1.29 is 14.3 Å². The fourth-order valence-corrected chi connectivity index (χ4v) is 2.29. The molecule has 1 aromatic rings. The zero-order chi connectivity index (χ0) is 14.0. The van der Waals surface area contributed by atoms with Gasteiger partial charge >= 0.3 is 5.97 Å². The van der Waals surface area contributed by atoms with Crippen LogP contribution >= 0.6 is 0 Å². The van der Waals surface area contributed by atoms with Gasteiger partial charge in [-0.2, -0.15) is 0 Å². The Kier molecular flexibility index (Phi) is 3.80. The lowest BCUT2D eigenvalue weighted by atomic mass is 9.94. The fourth-order valence-electron chi connectivity index (χ4n) is 2.29. The highest BCUT2D eigenvalue weighted by molar-refractivity contribution is 5.92. The van der Waals surface area contributed by atoms with E-state index in [1.807, 2.05) is 26.8 Å². The smallest absolute Gasteiger partial charge is 0.338 e. The summed E-state index contributed by atoms with van der Waals surface area (Å²) in [4.78, 5) is 12.2. The third-order valence-corrected chi connectivity index (χ3v) is 3.08. The van der Waals surface area contributed by atoms with Crippen LogP contribution in [0.2, 0.25) is 0 Å². The summed E-state index contributed by atoms with van der Waals surface area (Å²) < 4.78 is 10.8. The third kappa shape index (κ3) is 3.07. The number of fused-ring (bicyclic) bond motifs is 1. The van der Waals surface area contributed by atoms with E-state index in [0.717, 1.165) is 36.4 Å². The van der Waals surface area contributed by atoms with Gasteiger partial charge in [0.2, 0.25) is 0 Å². The van der Waals surface area contributed by atoms with E-state index >= 15 is 0 Å². The molecule has 1 aromatic carbocycles. The van der Waals surface area contributed by atoms with Crippen molar-refractivity contribution in [1.29, 1.82) is 0 Å². The van der Waals surface area contributed by atoms with Gasteiger partial charge in [0.1, 0.15) is 11.4 Å². The minimum Gasteiger partial charge on any atom is -0.496 e. The maximum atomic E-state index is 12.2. The average molecular weight is 263 g/mol. The Morgan fingerprint density at radius 3 is 2.63 bits per heavy atom. The van der Waals surface area contributed by atoms with Crippen LogP contribution in [-0.4, -0.2) is 25.2 Å². The Labute approximate surface area is 114 Å². The van der Waals surface area contributed by atoms with E-state index in [0.29, 0.717) is 5.56 Å². The Hall–Kier alpha value is -1.55. The van der Waals surface area contributed by atoms with E-state index in [-0.39, 0.29) is 5.97 Å². The van der Waals surface area contributed by atoms with Gasteiger partial charge in [0.25, 0.3) is 0 Å². The molecule has 0 spiro atoms. The topological polar surface area (TPSA) is 47.6 Å². The lowest BCUT2D eigenvalue weighted by Gasteiger charge is -2.24. The summed E-state index contributed by atoms with van der Waals surface area (Å²) in [5.41, 5.74) is 2.30. The van der Waals surface area contributed by atoms with Crippen molar-refractivity contribution in [3.05, 3.63) is 28.8 Å². The molecule has 104 valence electrons. The van der Waals surface area contributed by atoms with E-state index in [9.17, 15) is 4.79 Å². The van der Waals surface area contributed by atoms with E-state index < -0.39 is 5.60 Å². The Bertz CT molecular complexity index is 489. The van der Waals surface area contributed by atoms with Crippen LogP contribution in [-0.2, 0) is 17.7 Å². The number of carbonyl (C=O) groups is 1. The summed E-state index contributed by atoms with van der Waals surface area (Å²) >= 11 is 0. The van der Waals surface area contributed by atoms with Crippen molar-refractivity contribution in [2.24, 2.45) is 0 Å². The van der Waals surface area contributed by atoms with E-state index in [4.69, 9.17) is 9.47 Å². The van der Waals surface area contributed by atoms with Crippen molar-refractivity contribution in [2.75, 3.05) is 13.7 Å². The minimum absolute atomic E-state index is 0.256. The number of nitrogens with one attached hydrogen (secondary N) is 1. The second-order valence-corrected chi connectivity index (χ2v) is 5.70. The van der Waals surface area contributed by atoms with Gasteiger partial charge in [0, 0.05) is 12.1 Å². The monoisotopic (exact) mass is 263 g/mol. The summed E-state index contributed by atoms with van der Waals surface area (Å²) in [6.45, 7) is 7.23. The van der Waals surface area contributed by atoms with Gasteiger partial charge in [-0.3, -0.25) is 0 Å². The van der Waals surface area contributed by atoms with Crippen molar-refractivity contribution in [1.82, 2.24) is 5.32 Å². The number of ether oxygens (including phenoxy) is 2. The number of hydrogen-bond donors (Lipinski definition) is 1. The molecule has 4 heteroatoms. The molecule has 1 aliphatic rings. The van der Waals surface area contributed by atoms with Crippen LogP contribution in [0.15, 0.2) is 12.1 Å². The number of methoxy groups -OCH3 is 1. The molecule has 1 aliphatic heterocycles. The normalized spacial score (nSPS) is 14.7. The number of benzene rings is 1. The minimum atomic E-state index is -0.475. The molecule has 0 radical (unpaired) electrons. The molecule has 2 rings (SSSR count). The van der Waals surface area contributed by atoms with Crippen LogP contribution in [0.3, 0.4) is 0 Å². The lowest BCUT2D eigenvalue weighted by molar-refractivity contribution is 0.00680. The molecule has 0 saturated carbocycles. The van der Waals surface area contributed by atoms with Crippen LogP contribution < -0.4 is 10.1 Å². The highest BCUT2D eigenvalue weighted by Gasteiger charge is 2.24. The van der Waals surface area contributed by atoms with Gasteiger partial charge in [-0.15, -0.1) is 0 Å². The Morgan fingerprint density at radius 2 is 2.00 bits per heavy atom. The average Bonchev–Trinajstić information content (AvgIpc) is 2.35. The Morgan fingerprint density at radius 1 is 1.26 bits per heavy atom. The Balaban J connectivity index is 2.39. The van der Waals surface area contributed by atoms with Gasteiger partial charge in [0.05, 0.1) is 12.7 Å². The number of hydrogen-bond acceptors (Lipinski definition) is 4. The first kappa shape index (κ1) is 13.9. The van der Waals surface area contributed by atoms with Crippen LogP contribution in [0, 0.1) is 0 Å². The molecule has 0 atom stereocenters. The molecular weight excluding hydrogens is 242 g/mol. The van der Waals surface area contributed by atoms with Crippen molar-refractivity contribution in [2.45, 2.75) is 39.3 Å². The van der Waals surface area contributed by atoms with Gasteiger partial charge in [0.15, 0.2) is 0 Å². The first-order valence-electron chi connectivity index (χ1n) is 6.55. The maximum absolute atomic E-state index is 12.2. The highest BCUT2D eigenvalue weighted by atomic mass is 16.6. The molecule has 1 N–H and O–H groups in total. The summed E-state index contributed by atoms with van der Waals surface area (Å²) in [6, 6.07) is 3.64. The highest BCUT2D eigenvalue weighted by Crippen LogP contribution is 2.29. The fraction of sp³-hybridized carbons (Fsp3) is 0.533. The summed E-state index contributed by atoms with van der Waals surface area (Å²) in [7, 11) is 1.65.